The summed E-state index contributed by atoms with van der Waals surface area (Å²) in [6, 6.07) is 10.1. The molecule has 5 nitrogen and oxygen atoms in total. The van der Waals surface area contributed by atoms with Gasteiger partial charge in [-0.1, -0.05) is 32.9 Å². The fourth-order valence-electron chi connectivity index (χ4n) is 2.67. The van der Waals surface area contributed by atoms with Gasteiger partial charge in [0, 0.05) is 11.1 Å². The zero-order valence-corrected chi connectivity index (χ0v) is 15.0. The zero-order chi connectivity index (χ0) is 17.4. The second-order valence-electron chi connectivity index (χ2n) is 5.46. The van der Waals surface area contributed by atoms with Crippen molar-refractivity contribution in [3.63, 3.8) is 0 Å². The number of hydrogen-bond acceptors (Lipinski definition) is 3. The number of rotatable bonds is 3. The average Bonchev–Trinajstić information content (AvgIpc) is 3.21. The van der Waals surface area contributed by atoms with Gasteiger partial charge in [0.05, 0.1) is 16.8 Å². The number of nitrogens with one attached hydrogen (secondary N) is 1. The van der Waals surface area contributed by atoms with E-state index in [4.69, 9.17) is 9.52 Å². The van der Waals surface area contributed by atoms with Gasteiger partial charge in [0.15, 0.2) is 0 Å². The van der Waals surface area contributed by atoms with Gasteiger partial charge >= 0.3 is 5.97 Å². The minimum Gasteiger partial charge on any atom is -0.478 e. The number of allylic oxidation sites excluding steroid dienone is 2. The number of benzene rings is 1. The van der Waals surface area contributed by atoms with Crippen LogP contribution in [0.15, 0.2) is 67.8 Å². The fraction of sp³-hybridized carbons (Fsp3) is 0. The number of halogens is 1. The predicted molar refractivity (Wildman–Crippen MR) is 103 cm³/mol. The number of carboxylic acids is 1. The molecule has 0 radical (unpaired) electrons. The van der Waals surface area contributed by atoms with Crippen LogP contribution in [0.3, 0.4) is 0 Å². The first-order valence-electron chi connectivity index (χ1n) is 7.45. The number of carboxylic acid groups (broad SMARTS) is 1. The van der Waals surface area contributed by atoms with E-state index < -0.39 is 5.97 Å². The monoisotopic (exact) mass is 445 g/mol. The quantitative estimate of drug-likeness (QED) is 0.558. The van der Waals surface area contributed by atoms with Gasteiger partial charge in [-0.2, -0.15) is 0 Å². The van der Waals surface area contributed by atoms with E-state index >= 15 is 0 Å². The summed E-state index contributed by atoms with van der Waals surface area (Å²) in [4.78, 5) is 23.3. The molecule has 124 valence electrons. The van der Waals surface area contributed by atoms with Crippen molar-refractivity contribution in [2.45, 2.75) is 0 Å². The van der Waals surface area contributed by atoms with Gasteiger partial charge in [0.25, 0.3) is 5.91 Å². The lowest BCUT2D eigenvalue weighted by Gasteiger charge is -2.01. The first-order valence-corrected chi connectivity index (χ1v) is 9.94. The molecule has 2 aromatic rings. The molecule has 1 aromatic heterocycles. The van der Waals surface area contributed by atoms with E-state index in [9.17, 15) is 9.59 Å². The second kappa shape index (κ2) is 6.29. The molecule has 0 spiro atoms. The molecule has 1 saturated heterocycles. The molecule has 25 heavy (non-hydrogen) atoms. The van der Waals surface area contributed by atoms with E-state index in [1.165, 1.54) is 6.07 Å². The number of aromatic carboxylic acids is 1. The summed E-state index contributed by atoms with van der Waals surface area (Å²) in [5.74, 6) is -0.0221. The Balaban J connectivity index is 1.68. The van der Waals surface area contributed by atoms with Crippen molar-refractivity contribution in [2.75, 3.05) is 0 Å². The van der Waals surface area contributed by atoms with E-state index in [0.717, 1.165) is 11.3 Å². The van der Waals surface area contributed by atoms with Gasteiger partial charge < -0.3 is 14.8 Å². The molecule has 3 heterocycles. The van der Waals surface area contributed by atoms with Gasteiger partial charge in [0.2, 0.25) is 0 Å². The van der Waals surface area contributed by atoms with Gasteiger partial charge in [-0.3, -0.25) is 4.79 Å². The zero-order valence-electron chi connectivity index (χ0n) is 12.8. The summed E-state index contributed by atoms with van der Waals surface area (Å²) in [6.07, 6.45) is 3.69. The van der Waals surface area contributed by atoms with Crippen molar-refractivity contribution in [3.8, 4) is 11.3 Å². The van der Waals surface area contributed by atoms with Crippen molar-refractivity contribution in [1.82, 2.24) is 5.32 Å². The van der Waals surface area contributed by atoms with Gasteiger partial charge in [-0.25, -0.2) is 4.79 Å². The molecule has 6 heteroatoms. The SMILES string of the molecule is O=C1NC2=CI=CC=C2/C1=C\c1ccc(-c2cccc(C(=O)O)c2)o1. The number of fused-ring (bicyclic) bond motifs is 1. The maximum Gasteiger partial charge on any atom is 0.335 e. The molecule has 0 unspecified atom stereocenters. The lowest BCUT2D eigenvalue weighted by atomic mass is 10.1. The first kappa shape index (κ1) is 15.8. The highest BCUT2D eigenvalue weighted by Gasteiger charge is 2.27. The molecule has 0 bridgehead atoms. The van der Waals surface area contributed by atoms with Crippen LogP contribution in [0.25, 0.3) is 17.4 Å². The highest BCUT2D eigenvalue weighted by molar-refractivity contribution is 14.2. The lowest BCUT2D eigenvalue weighted by molar-refractivity contribution is -0.115. The van der Waals surface area contributed by atoms with Crippen molar-refractivity contribution >= 4 is 42.7 Å². The fourth-order valence-corrected chi connectivity index (χ4v) is 4.29. The Morgan fingerprint density at radius 2 is 2.12 bits per heavy atom. The maximum atomic E-state index is 12.2. The molecular weight excluding hydrogens is 433 g/mol. The Morgan fingerprint density at radius 3 is 2.96 bits per heavy atom. The minimum atomic E-state index is -0.985. The maximum absolute atomic E-state index is 12.2. The number of amides is 1. The van der Waals surface area contributed by atoms with E-state index in [1.807, 2.05) is 6.08 Å². The smallest absolute Gasteiger partial charge is 0.335 e. The normalized spacial score (nSPS) is 17.4. The summed E-state index contributed by atoms with van der Waals surface area (Å²) in [5, 5.41) is 12.0. The molecule has 2 aliphatic heterocycles. The van der Waals surface area contributed by atoms with Crippen LogP contribution < -0.4 is 5.32 Å². The molecule has 0 aliphatic carbocycles. The van der Waals surface area contributed by atoms with E-state index in [0.29, 0.717) is 22.7 Å². The first-order chi connectivity index (χ1) is 12.1. The molecular formula is C19H12INO4. The molecule has 1 aromatic carbocycles. The third kappa shape index (κ3) is 3.00. The Hall–Kier alpha value is -2.74. The largest absolute Gasteiger partial charge is 0.478 e. The summed E-state index contributed by atoms with van der Waals surface area (Å²) >= 11 is -0.131. The standard InChI is InChI=1S/C19H12INO4/c22-18-15(14-6-7-20-10-16(14)21-18)9-13-4-5-17(25-13)11-2-1-3-12(8-11)19(23)24/h1-10H,(H,21,22)(H,23,24)/b15-9+. The van der Waals surface area contributed by atoms with Crippen molar-refractivity contribution in [2.24, 2.45) is 0 Å². The van der Waals surface area contributed by atoms with Crippen LogP contribution in [-0.4, -0.2) is 21.0 Å². The number of carbonyl (C=O) groups is 2. The topological polar surface area (TPSA) is 79.5 Å². The second-order valence-corrected chi connectivity index (χ2v) is 7.52. The third-order valence-corrected chi connectivity index (χ3v) is 5.61. The van der Waals surface area contributed by atoms with Crippen LogP contribution >= 0.6 is 20.7 Å². The molecule has 0 atom stereocenters. The molecule has 0 saturated carbocycles. The van der Waals surface area contributed by atoms with Crippen molar-refractivity contribution in [3.05, 3.63) is 74.7 Å². The van der Waals surface area contributed by atoms with Crippen LogP contribution in [-0.2, 0) is 4.79 Å². The van der Waals surface area contributed by atoms with Crippen LogP contribution in [0.1, 0.15) is 16.1 Å². The lowest BCUT2D eigenvalue weighted by Crippen LogP contribution is -2.12. The summed E-state index contributed by atoms with van der Waals surface area (Å²) in [6.45, 7) is 0. The number of furan rings is 1. The Bertz CT molecular complexity index is 1020. The highest BCUT2D eigenvalue weighted by atomic mass is 127. The minimum absolute atomic E-state index is 0.131. The van der Waals surface area contributed by atoms with Crippen LogP contribution in [0, 0.1) is 0 Å². The number of carbonyl (C=O) groups excluding carboxylic acids is 1. The van der Waals surface area contributed by atoms with E-state index in [-0.39, 0.29) is 32.2 Å². The third-order valence-electron chi connectivity index (χ3n) is 3.86. The highest BCUT2D eigenvalue weighted by Crippen LogP contribution is 2.32. The van der Waals surface area contributed by atoms with Crippen LogP contribution in [0.4, 0.5) is 0 Å². The molecule has 4 rings (SSSR count). The van der Waals surface area contributed by atoms with Crippen molar-refractivity contribution < 1.29 is 19.1 Å². The van der Waals surface area contributed by atoms with Crippen LogP contribution in [0.5, 0.6) is 0 Å². The Kier molecular flexibility index (Phi) is 3.96. The molecule has 1 amide bonds. The Labute approximate surface area is 153 Å². The summed E-state index contributed by atoms with van der Waals surface area (Å²) in [7, 11) is 0. The van der Waals surface area contributed by atoms with Crippen LogP contribution in [0.2, 0.25) is 0 Å². The molecule has 1 fully saturated rings. The average molecular weight is 445 g/mol. The van der Waals surface area contributed by atoms with Gasteiger partial charge in [0.1, 0.15) is 11.5 Å². The Morgan fingerprint density at radius 1 is 1.24 bits per heavy atom. The van der Waals surface area contributed by atoms with E-state index in [1.54, 1.807) is 36.4 Å². The van der Waals surface area contributed by atoms with Gasteiger partial charge in [-0.05, 0) is 44.5 Å². The summed E-state index contributed by atoms with van der Waals surface area (Å²) < 4.78 is 9.98. The molecule has 2 N–H and O–H groups in total. The van der Waals surface area contributed by atoms with Gasteiger partial charge in [-0.15, -0.1) is 0 Å². The van der Waals surface area contributed by atoms with Crippen molar-refractivity contribution in [1.29, 1.82) is 0 Å². The van der Waals surface area contributed by atoms with E-state index in [2.05, 4.69) is 13.4 Å². The summed E-state index contributed by atoms with van der Waals surface area (Å²) in [5.41, 5.74) is 3.22. The number of hydrogen-bond donors (Lipinski definition) is 2. The predicted octanol–water partition coefficient (Wildman–Crippen LogP) is 3.71. The molecule has 2 aliphatic rings.